The van der Waals surface area contributed by atoms with Gasteiger partial charge in [0.25, 0.3) is 5.91 Å². The van der Waals surface area contributed by atoms with Gasteiger partial charge in [0.15, 0.2) is 11.4 Å². The Morgan fingerprint density at radius 2 is 1.70 bits per heavy atom. The molecule has 0 radical (unpaired) electrons. The normalized spacial score (nSPS) is 27.3. The zero-order valence-corrected chi connectivity index (χ0v) is 23.2. The third-order valence-electron chi connectivity index (χ3n) is 9.18. The molecular weight excluding hydrogens is 511 g/mol. The Balaban J connectivity index is 1.09. The van der Waals surface area contributed by atoms with Gasteiger partial charge in [-0.2, -0.15) is 0 Å². The van der Waals surface area contributed by atoms with Crippen molar-refractivity contribution in [3.8, 4) is 5.75 Å². The zero-order valence-electron chi connectivity index (χ0n) is 23.2. The van der Waals surface area contributed by atoms with Crippen LogP contribution in [-0.4, -0.2) is 54.4 Å². The molecule has 2 aromatic rings. The molecule has 0 bridgehead atoms. The molecule has 214 valence electrons. The summed E-state index contributed by atoms with van der Waals surface area (Å²) in [6, 6.07) is 13.5. The molecule has 2 fully saturated rings. The minimum atomic E-state index is -1.27. The maximum absolute atomic E-state index is 13.3. The van der Waals surface area contributed by atoms with Gasteiger partial charge in [-0.3, -0.25) is 14.4 Å². The van der Waals surface area contributed by atoms with E-state index in [2.05, 4.69) is 4.90 Å². The fraction of sp³-hybridized carbons (Fsp3) is 0.531. The Bertz CT molecular complexity index is 1230. The van der Waals surface area contributed by atoms with Gasteiger partial charge in [-0.05, 0) is 120 Å². The van der Waals surface area contributed by atoms with Crippen molar-refractivity contribution in [1.82, 2.24) is 4.90 Å². The first-order chi connectivity index (χ1) is 19.2. The van der Waals surface area contributed by atoms with Gasteiger partial charge in [0.2, 0.25) is 0 Å². The Hall–Kier alpha value is -3.26. The van der Waals surface area contributed by atoms with E-state index in [0.717, 1.165) is 63.1 Å². The lowest BCUT2D eigenvalue weighted by Crippen LogP contribution is -2.53. The molecule has 2 aliphatic heterocycles. The number of hydrogen-bond acceptors (Lipinski definition) is 6. The molecule has 1 amide bonds. The van der Waals surface area contributed by atoms with Gasteiger partial charge >= 0.3 is 5.97 Å². The van der Waals surface area contributed by atoms with Crippen LogP contribution in [0.1, 0.15) is 67.8 Å². The highest BCUT2D eigenvalue weighted by molar-refractivity contribution is 5.97. The molecule has 7 nitrogen and oxygen atoms in total. The first-order valence-corrected chi connectivity index (χ1v) is 14.4. The Morgan fingerprint density at radius 3 is 2.38 bits per heavy atom. The number of carbonyl (C=O) groups excluding carboxylic acids is 3. The van der Waals surface area contributed by atoms with Crippen LogP contribution in [0.25, 0.3) is 0 Å². The zero-order chi connectivity index (χ0) is 28.3. The highest BCUT2D eigenvalue weighted by Gasteiger charge is 2.49. The number of amides is 1. The van der Waals surface area contributed by atoms with Gasteiger partial charge in [0.05, 0.1) is 0 Å². The summed E-state index contributed by atoms with van der Waals surface area (Å²) in [5, 5.41) is 0. The minimum absolute atomic E-state index is 0.0211. The third-order valence-corrected chi connectivity index (χ3v) is 9.18. The van der Waals surface area contributed by atoms with E-state index >= 15 is 0 Å². The van der Waals surface area contributed by atoms with Crippen molar-refractivity contribution in [3.05, 3.63) is 65.5 Å². The summed E-state index contributed by atoms with van der Waals surface area (Å²) < 4.78 is 25.0. The average molecular weight is 551 g/mol. The van der Waals surface area contributed by atoms with Gasteiger partial charge in [0.1, 0.15) is 23.6 Å². The summed E-state index contributed by atoms with van der Waals surface area (Å²) in [5.41, 5.74) is 5.20. The number of nitrogens with zero attached hydrogens (tertiary/aromatic N) is 1. The predicted molar refractivity (Wildman–Crippen MR) is 148 cm³/mol. The lowest BCUT2D eigenvalue weighted by Gasteiger charge is -2.41. The number of nitrogens with two attached hydrogens (primary N) is 1. The summed E-state index contributed by atoms with van der Waals surface area (Å²) in [7, 11) is 0. The van der Waals surface area contributed by atoms with Crippen LogP contribution in [0.3, 0.4) is 0 Å². The van der Waals surface area contributed by atoms with Crippen molar-refractivity contribution < 1.29 is 28.2 Å². The first-order valence-electron chi connectivity index (χ1n) is 14.4. The number of Topliss-reactive ketones (excluding diaryl/α,β-unsaturated/α-hetero) is 1. The van der Waals surface area contributed by atoms with Crippen LogP contribution in [0.4, 0.5) is 4.39 Å². The highest BCUT2D eigenvalue weighted by atomic mass is 19.1. The predicted octanol–water partition coefficient (Wildman–Crippen LogP) is 4.71. The molecule has 0 aromatic heterocycles. The van der Waals surface area contributed by atoms with Gasteiger partial charge in [0, 0.05) is 11.5 Å². The second kappa shape index (κ2) is 11.7. The molecule has 5 rings (SSSR count). The number of primary amides is 1. The van der Waals surface area contributed by atoms with Crippen LogP contribution in [0, 0.1) is 23.1 Å². The number of likely N-dealkylation sites (tertiary alicyclic amines) is 1. The minimum Gasteiger partial charge on any atom is -0.492 e. The van der Waals surface area contributed by atoms with E-state index in [9.17, 15) is 18.8 Å². The summed E-state index contributed by atoms with van der Waals surface area (Å²) in [4.78, 5) is 41.1. The second-order valence-electron chi connectivity index (χ2n) is 12.1. The fourth-order valence-corrected chi connectivity index (χ4v) is 6.40. The van der Waals surface area contributed by atoms with E-state index in [1.807, 2.05) is 31.2 Å². The van der Waals surface area contributed by atoms with E-state index in [1.54, 1.807) is 12.1 Å². The molecule has 8 heteroatoms. The fourth-order valence-electron chi connectivity index (χ4n) is 6.40. The summed E-state index contributed by atoms with van der Waals surface area (Å²) in [6.45, 7) is 4.67. The lowest BCUT2D eigenvalue weighted by molar-refractivity contribution is -0.183. The van der Waals surface area contributed by atoms with Crippen LogP contribution in [0.15, 0.2) is 48.5 Å². The maximum Gasteiger partial charge on any atom is 0.316 e. The maximum atomic E-state index is 13.3. The lowest BCUT2D eigenvalue weighted by atomic mass is 9.76. The van der Waals surface area contributed by atoms with E-state index in [0.29, 0.717) is 30.7 Å². The van der Waals surface area contributed by atoms with Crippen molar-refractivity contribution >= 4 is 17.7 Å². The number of carbonyl (C=O) groups is 3. The molecule has 1 unspecified atom stereocenters. The van der Waals surface area contributed by atoms with Crippen molar-refractivity contribution in [2.24, 2.45) is 23.0 Å². The van der Waals surface area contributed by atoms with E-state index in [1.165, 1.54) is 12.1 Å². The summed E-state index contributed by atoms with van der Waals surface area (Å²) >= 11 is 0. The molecule has 2 aromatic carbocycles. The number of halogens is 1. The van der Waals surface area contributed by atoms with Crippen LogP contribution < -0.4 is 10.5 Å². The molecular formula is C32H39FN2O5. The molecule has 0 spiro atoms. The van der Waals surface area contributed by atoms with Crippen LogP contribution in [-0.2, 0) is 20.7 Å². The van der Waals surface area contributed by atoms with Crippen molar-refractivity contribution in [3.63, 3.8) is 0 Å². The number of para-hydroxylation sites is 1. The third kappa shape index (κ3) is 6.07. The first kappa shape index (κ1) is 28.3. The molecule has 3 aliphatic rings. The standard InChI is InChI=1S/C32H39FN2O5/c1-31(20-25-4-2-3-5-27(25)39-21-31)30(38)40-32(29(34)37)15-10-22(11-16-32)12-17-35-18-13-24(14-19-35)28(36)23-6-8-26(33)9-7-23/h2-9,22,24H,10-21H2,1H3,(H2,34,37). The number of hydrogen-bond donors (Lipinski definition) is 1. The number of piperidine rings is 1. The molecule has 1 saturated carbocycles. The smallest absolute Gasteiger partial charge is 0.316 e. The number of fused-ring (bicyclic) bond motifs is 1. The SMILES string of the molecule is CC1(C(=O)OC2(C(N)=O)CCC(CCN3CCC(C(=O)c4ccc(F)cc4)CC3)CC2)COc2ccccc2C1. The topological polar surface area (TPSA) is 98.9 Å². The molecule has 1 atom stereocenters. The summed E-state index contributed by atoms with van der Waals surface area (Å²) in [5.74, 6) is -0.0640. The number of ketones is 1. The average Bonchev–Trinajstić information content (AvgIpc) is 2.97. The monoisotopic (exact) mass is 550 g/mol. The van der Waals surface area contributed by atoms with Crippen molar-refractivity contribution in [1.29, 1.82) is 0 Å². The highest BCUT2D eigenvalue weighted by Crippen LogP contribution is 2.41. The van der Waals surface area contributed by atoms with Crippen LogP contribution in [0.2, 0.25) is 0 Å². The van der Waals surface area contributed by atoms with Gasteiger partial charge in [-0.25, -0.2) is 4.39 Å². The molecule has 2 heterocycles. The van der Waals surface area contributed by atoms with Gasteiger partial charge in [-0.1, -0.05) is 18.2 Å². The van der Waals surface area contributed by atoms with Crippen LogP contribution in [0.5, 0.6) is 5.75 Å². The molecule has 1 aliphatic carbocycles. The number of ether oxygens (including phenoxy) is 2. The quantitative estimate of drug-likeness (QED) is 0.378. The van der Waals surface area contributed by atoms with Crippen molar-refractivity contribution in [2.75, 3.05) is 26.2 Å². The van der Waals surface area contributed by atoms with E-state index < -0.39 is 22.9 Å². The Morgan fingerprint density at radius 1 is 1.02 bits per heavy atom. The second-order valence-corrected chi connectivity index (χ2v) is 12.1. The van der Waals surface area contributed by atoms with Gasteiger partial charge < -0.3 is 20.1 Å². The number of esters is 1. The molecule has 40 heavy (non-hydrogen) atoms. The van der Waals surface area contributed by atoms with E-state index in [4.69, 9.17) is 15.2 Å². The summed E-state index contributed by atoms with van der Waals surface area (Å²) in [6.07, 6.45) is 5.48. The Kier molecular flexibility index (Phi) is 8.26. The van der Waals surface area contributed by atoms with Gasteiger partial charge in [-0.15, -0.1) is 0 Å². The van der Waals surface area contributed by atoms with E-state index in [-0.39, 0.29) is 24.1 Å². The number of rotatable bonds is 8. The van der Waals surface area contributed by atoms with Crippen LogP contribution >= 0.6 is 0 Å². The molecule has 2 N–H and O–H groups in total. The van der Waals surface area contributed by atoms with Crippen molar-refractivity contribution in [2.45, 2.75) is 63.9 Å². The molecule has 1 saturated heterocycles. The largest absolute Gasteiger partial charge is 0.492 e. The number of benzene rings is 2. The Labute approximate surface area is 235 Å².